The van der Waals surface area contributed by atoms with Gasteiger partial charge in [0, 0.05) is 12.4 Å². The van der Waals surface area contributed by atoms with Gasteiger partial charge in [-0.05, 0) is 113 Å². The molecule has 0 aromatic carbocycles. The van der Waals surface area contributed by atoms with Crippen LogP contribution in [0.25, 0.3) is 0 Å². The first-order valence-electron chi connectivity index (χ1n) is 12.2. The number of hydrogen-bond donors (Lipinski definition) is 1. The molecule has 3 saturated carbocycles. The molecule has 0 spiro atoms. The van der Waals surface area contributed by atoms with E-state index in [1.807, 2.05) is 19.2 Å². The summed E-state index contributed by atoms with van der Waals surface area (Å²) in [7, 11) is 2.15. The Bertz CT molecular complexity index is 775. The smallest absolute Gasteiger partial charge is 0.171 e. The van der Waals surface area contributed by atoms with Crippen LogP contribution in [0.1, 0.15) is 65.2 Å². The molecule has 0 radical (unpaired) electrons. The van der Waals surface area contributed by atoms with Crippen LogP contribution in [0.5, 0.6) is 0 Å². The second-order valence-corrected chi connectivity index (χ2v) is 11.6. The summed E-state index contributed by atoms with van der Waals surface area (Å²) in [5, 5.41) is 14.9. The average molecular weight is 414 g/mol. The number of likely N-dealkylation sites (N-methyl/N-ethyl adjacent to an activating group) is 1. The van der Waals surface area contributed by atoms with E-state index in [0.717, 1.165) is 43.6 Å². The van der Waals surface area contributed by atoms with Crippen LogP contribution in [0.15, 0.2) is 18.5 Å². The number of carbonyl (C=O) groups is 1. The van der Waals surface area contributed by atoms with Crippen molar-refractivity contribution in [2.24, 2.45) is 35.0 Å². The van der Waals surface area contributed by atoms with Crippen molar-refractivity contribution >= 4 is 5.78 Å². The zero-order chi connectivity index (χ0) is 21.1. The quantitative estimate of drug-likeness (QED) is 0.820. The van der Waals surface area contributed by atoms with Crippen LogP contribution in [-0.2, 0) is 11.3 Å². The Kier molecular flexibility index (Phi) is 5.13. The molecule has 5 nitrogen and oxygen atoms in total. The molecule has 166 valence electrons. The molecule has 1 aromatic rings. The molecule has 1 N–H and O–H groups in total. The summed E-state index contributed by atoms with van der Waals surface area (Å²) in [5.41, 5.74) is -0.375. The van der Waals surface area contributed by atoms with Crippen molar-refractivity contribution in [3.63, 3.8) is 0 Å². The van der Waals surface area contributed by atoms with Gasteiger partial charge < -0.3 is 5.11 Å². The topological polar surface area (TPSA) is 58.4 Å². The van der Waals surface area contributed by atoms with Crippen LogP contribution >= 0.6 is 0 Å². The molecule has 0 amide bonds. The molecule has 4 fully saturated rings. The fourth-order valence-corrected chi connectivity index (χ4v) is 8.54. The minimum absolute atomic E-state index is 0.00575. The zero-order valence-corrected chi connectivity index (χ0v) is 19.0. The second kappa shape index (κ2) is 7.44. The van der Waals surface area contributed by atoms with Crippen LogP contribution in [-0.4, -0.2) is 50.8 Å². The Morgan fingerprint density at radius 3 is 2.67 bits per heavy atom. The van der Waals surface area contributed by atoms with Crippen molar-refractivity contribution in [3.05, 3.63) is 18.5 Å². The highest BCUT2D eigenvalue weighted by Crippen LogP contribution is 2.61. The van der Waals surface area contributed by atoms with Gasteiger partial charge in [0.25, 0.3) is 0 Å². The number of fused-ring (bicyclic) bond motifs is 5. The number of rotatable bonds is 3. The van der Waals surface area contributed by atoms with Gasteiger partial charge in [-0.15, -0.1) is 0 Å². The number of likely N-dealkylation sites (tertiary alicyclic amines) is 1. The number of Topliss-reactive ketones (excluding diaryl/α,β-unsaturated/α-hetero) is 1. The third-order valence-electron chi connectivity index (χ3n) is 9.71. The molecule has 8 atom stereocenters. The number of hydrogen-bond acceptors (Lipinski definition) is 4. The van der Waals surface area contributed by atoms with E-state index in [1.54, 1.807) is 10.9 Å². The maximum atomic E-state index is 13.5. The summed E-state index contributed by atoms with van der Waals surface area (Å²) in [6, 6.07) is 1.90. The number of piperidine rings is 1. The van der Waals surface area contributed by atoms with Gasteiger partial charge in [-0.2, -0.15) is 5.10 Å². The molecular weight excluding hydrogens is 374 g/mol. The minimum atomic E-state index is -0.450. The molecule has 1 saturated heterocycles. The van der Waals surface area contributed by atoms with Crippen molar-refractivity contribution in [1.82, 2.24) is 14.7 Å². The molecule has 2 heterocycles. The molecule has 3 unspecified atom stereocenters. The van der Waals surface area contributed by atoms with Crippen LogP contribution in [0.4, 0.5) is 0 Å². The Labute approximate surface area is 181 Å². The summed E-state index contributed by atoms with van der Waals surface area (Å²) in [6.45, 7) is 5.88. The number of nitrogens with zero attached hydrogens (tertiary/aromatic N) is 3. The number of ketones is 1. The molecule has 4 aliphatic rings. The standard InChI is InChI=1S/C25H39N3O2/c1-24(30)10-7-18-17(15-24)5-6-20-19(18)8-11-25(2)21(20)9-14-27(3)23(25)22(29)16-28-13-4-12-26-28/h4,12-13,17-21,23,30H,5-11,14-16H2,1-3H3/t17-,18+,19?,20?,21?,23-,24-,25+/m1/s1. The largest absolute Gasteiger partial charge is 0.390 e. The van der Waals surface area contributed by atoms with Gasteiger partial charge in [0.05, 0.1) is 11.6 Å². The summed E-state index contributed by atoms with van der Waals surface area (Å²) >= 11 is 0. The highest BCUT2D eigenvalue weighted by molar-refractivity contribution is 5.85. The van der Waals surface area contributed by atoms with Gasteiger partial charge in [0.2, 0.25) is 0 Å². The summed E-state index contributed by atoms with van der Waals surface area (Å²) in [4.78, 5) is 15.8. The maximum Gasteiger partial charge on any atom is 0.171 e. The van der Waals surface area contributed by atoms with Crippen molar-refractivity contribution in [2.45, 2.75) is 83.4 Å². The lowest BCUT2D eigenvalue weighted by atomic mass is 9.46. The van der Waals surface area contributed by atoms with Gasteiger partial charge in [-0.3, -0.25) is 14.4 Å². The van der Waals surface area contributed by atoms with Crippen LogP contribution in [0.3, 0.4) is 0 Å². The Balaban J connectivity index is 1.37. The Morgan fingerprint density at radius 1 is 1.10 bits per heavy atom. The van der Waals surface area contributed by atoms with Crippen LogP contribution in [0.2, 0.25) is 0 Å². The minimum Gasteiger partial charge on any atom is -0.390 e. The highest BCUT2D eigenvalue weighted by atomic mass is 16.3. The molecule has 5 heteroatoms. The van der Waals surface area contributed by atoms with E-state index in [4.69, 9.17) is 0 Å². The summed E-state index contributed by atoms with van der Waals surface area (Å²) in [5.74, 6) is 4.07. The predicted molar refractivity (Wildman–Crippen MR) is 117 cm³/mol. The van der Waals surface area contributed by atoms with Gasteiger partial charge in [-0.1, -0.05) is 6.92 Å². The van der Waals surface area contributed by atoms with Gasteiger partial charge in [0.15, 0.2) is 5.78 Å². The van der Waals surface area contributed by atoms with E-state index in [9.17, 15) is 9.90 Å². The van der Waals surface area contributed by atoms with Crippen LogP contribution in [0, 0.1) is 35.0 Å². The van der Waals surface area contributed by atoms with Crippen molar-refractivity contribution in [2.75, 3.05) is 13.6 Å². The lowest BCUT2D eigenvalue weighted by Gasteiger charge is -2.62. The average Bonchev–Trinajstić information content (AvgIpc) is 3.18. The molecule has 0 bridgehead atoms. The van der Waals surface area contributed by atoms with Gasteiger partial charge in [-0.25, -0.2) is 0 Å². The lowest BCUT2D eigenvalue weighted by Crippen LogP contribution is -2.63. The molecule has 5 rings (SSSR count). The first kappa shape index (κ1) is 20.7. The summed E-state index contributed by atoms with van der Waals surface area (Å²) < 4.78 is 1.79. The van der Waals surface area contributed by atoms with Crippen molar-refractivity contribution < 1.29 is 9.90 Å². The summed E-state index contributed by atoms with van der Waals surface area (Å²) in [6.07, 6.45) is 13.0. The maximum absolute atomic E-state index is 13.5. The third kappa shape index (κ3) is 3.37. The Hall–Kier alpha value is -1.20. The third-order valence-corrected chi connectivity index (χ3v) is 9.71. The SMILES string of the molecule is CN1CCC2C3CC[C@@H]4C[C@](C)(O)CC[C@@H]4C3CC[C@]2(C)[C@H]1C(=O)Cn1cccn1. The molecule has 1 aliphatic heterocycles. The van der Waals surface area contributed by atoms with E-state index in [-0.39, 0.29) is 11.5 Å². The van der Waals surface area contributed by atoms with E-state index in [1.165, 1.54) is 32.1 Å². The fourth-order valence-electron chi connectivity index (χ4n) is 8.54. The zero-order valence-electron chi connectivity index (χ0n) is 19.0. The monoisotopic (exact) mass is 413 g/mol. The van der Waals surface area contributed by atoms with Crippen molar-refractivity contribution in [3.8, 4) is 0 Å². The predicted octanol–water partition coefficient (Wildman–Crippen LogP) is 3.77. The van der Waals surface area contributed by atoms with E-state index >= 15 is 0 Å². The Morgan fingerprint density at radius 2 is 1.90 bits per heavy atom. The first-order valence-corrected chi connectivity index (χ1v) is 12.2. The lowest BCUT2D eigenvalue weighted by molar-refractivity contribution is -0.155. The molecule has 30 heavy (non-hydrogen) atoms. The van der Waals surface area contributed by atoms with Gasteiger partial charge >= 0.3 is 0 Å². The van der Waals surface area contributed by atoms with Gasteiger partial charge in [0.1, 0.15) is 6.54 Å². The highest BCUT2D eigenvalue weighted by Gasteiger charge is 2.58. The van der Waals surface area contributed by atoms with E-state index in [2.05, 4.69) is 24.0 Å². The molecular formula is C25H39N3O2. The molecule has 3 aliphatic carbocycles. The van der Waals surface area contributed by atoms with E-state index < -0.39 is 5.60 Å². The van der Waals surface area contributed by atoms with Crippen LogP contribution < -0.4 is 0 Å². The van der Waals surface area contributed by atoms with E-state index in [0.29, 0.717) is 24.2 Å². The number of carbonyl (C=O) groups excluding carboxylic acids is 1. The number of aromatic nitrogens is 2. The normalized spacial score (nSPS) is 46.5. The number of aliphatic hydroxyl groups is 1. The second-order valence-electron chi connectivity index (χ2n) is 11.6. The first-order chi connectivity index (χ1) is 14.3. The fraction of sp³-hybridized carbons (Fsp3) is 0.840. The van der Waals surface area contributed by atoms with Crippen molar-refractivity contribution in [1.29, 1.82) is 0 Å². The molecule has 1 aromatic heterocycles.